The molecule has 0 saturated carbocycles. The van der Waals surface area contributed by atoms with Gasteiger partial charge in [-0.1, -0.05) is 18.5 Å². The van der Waals surface area contributed by atoms with Crippen molar-refractivity contribution in [2.75, 3.05) is 19.8 Å². The lowest BCUT2D eigenvalue weighted by molar-refractivity contribution is 0.0314. The summed E-state index contributed by atoms with van der Waals surface area (Å²) >= 11 is 5.98. The quantitative estimate of drug-likeness (QED) is 0.915. The molecule has 2 rings (SSSR count). The molecule has 0 radical (unpaired) electrons. The van der Waals surface area contributed by atoms with Gasteiger partial charge in [0.2, 0.25) is 10.0 Å². The van der Waals surface area contributed by atoms with E-state index in [1.807, 2.05) is 6.92 Å². The minimum absolute atomic E-state index is 0.120. The molecule has 1 atom stereocenters. The van der Waals surface area contributed by atoms with E-state index in [1.54, 1.807) is 12.1 Å². The Morgan fingerprint density at radius 2 is 2.25 bits per heavy atom. The third kappa shape index (κ3) is 2.99. The van der Waals surface area contributed by atoms with Crippen molar-refractivity contribution in [2.24, 2.45) is 5.73 Å². The molecule has 1 aliphatic heterocycles. The zero-order valence-electron chi connectivity index (χ0n) is 11.4. The van der Waals surface area contributed by atoms with Crippen LogP contribution in [0.25, 0.3) is 0 Å². The van der Waals surface area contributed by atoms with E-state index in [-0.39, 0.29) is 17.5 Å². The molecule has 1 saturated heterocycles. The van der Waals surface area contributed by atoms with Crippen LogP contribution in [0.5, 0.6) is 0 Å². The van der Waals surface area contributed by atoms with Crippen molar-refractivity contribution in [1.82, 2.24) is 4.31 Å². The van der Waals surface area contributed by atoms with E-state index in [0.717, 1.165) is 6.42 Å². The van der Waals surface area contributed by atoms with Crippen molar-refractivity contribution >= 4 is 21.6 Å². The molecule has 1 heterocycles. The maximum absolute atomic E-state index is 12.7. The topological polar surface area (TPSA) is 72.6 Å². The first-order valence-corrected chi connectivity index (χ1v) is 8.40. The van der Waals surface area contributed by atoms with Crippen LogP contribution in [0, 0.1) is 0 Å². The van der Waals surface area contributed by atoms with Crippen LogP contribution in [-0.4, -0.2) is 38.5 Å². The van der Waals surface area contributed by atoms with Crippen molar-refractivity contribution in [3.05, 3.63) is 28.8 Å². The fraction of sp³-hybridized carbons (Fsp3) is 0.538. The molecule has 20 heavy (non-hydrogen) atoms. The van der Waals surface area contributed by atoms with Crippen LogP contribution in [0.3, 0.4) is 0 Å². The van der Waals surface area contributed by atoms with Crippen LogP contribution in [0.1, 0.15) is 18.9 Å². The van der Waals surface area contributed by atoms with Gasteiger partial charge in [-0.25, -0.2) is 8.42 Å². The van der Waals surface area contributed by atoms with Crippen molar-refractivity contribution in [3.63, 3.8) is 0 Å². The molecule has 7 heteroatoms. The number of nitrogens with zero attached hydrogens (tertiary/aromatic N) is 1. The molecule has 5 nitrogen and oxygen atoms in total. The van der Waals surface area contributed by atoms with Gasteiger partial charge < -0.3 is 10.5 Å². The van der Waals surface area contributed by atoms with Gasteiger partial charge in [0, 0.05) is 24.2 Å². The van der Waals surface area contributed by atoms with Gasteiger partial charge in [-0.3, -0.25) is 0 Å². The summed E-state index contributed by atoms with van der Waals surface area (Å²) in [6, 6.07) is 4.54. The highest BCUT2D eigenvalue weighted by Crippen LogP contribution is 2.25. The number of morpholine rings is 1. The zero-order chi connectivity index (χ0) is 14.8. The fourth-order valence-corrected chi connectivity index (χ4v) is 4.19. The Morgan fingerprint density at radius 3 is 2.90 bits per heavy atom. The molecule has 0 amide bonds. The highest BCUT2D eigenvalue weighted by Gasteiger charge is 2.33. The Hall–Kier alpha value is -0.660. The van der Waals surface area contributed by atoms with Gasteiger partial charge in [0.15, 0.2) is 0 Å². The predicted molar refractivity (Wildman–Crippen MR) is 78.1 cm³/mol. The SMILES string of the molecule is CCC1COCCN1S(=O)(=O)c1ccc(Cl)c(CN)c1. The second-order valence-corrected chi connectivity index (χ2v) is 7.01. The molecule has 0 spiro atoms. The number of benzene rings is 1. The molecule has 1 unspecified atom stereocenters. The van der Waals surface area contributed by atoms with Gasteiger partial charge in [-0.2, -0.15) is 4.31 Å². The van der Waals surface area contributed by atoms with E-state index in [0.29, 0.717) is 30.3 Å². The second-order valence-electron chi connectivity index (χ2n) is 4.71. The molecule has 0 bridgehead atoms. The largest absolute Gasteiger partial charge is 0.378 e. The Balaban J connectivity index is 2.38. The highest BCUT2D eigenvalue weighted by molar-refractivity contribution is 7.89. The number of halogens is 1. The number of nitrogens with two attached hydrogens (primary N) is 1. The maximum Gasteiger partial charge on any atom is 0.243 e. The normalized spacial score (nSPS) is 21.1. The van der Waals surface area contributed by atoms with Crippen LogP contribution >= 0.6 is 11.6 Å². The smallest absolute Gasteiger partial charge is 0.243 e. The third-order valence-corrected chi connectivity index (χ3v) is 5.81. The summed E-state index contributed by atoms with van der Waals surface area (Å²) in [6.45, 7) is 3.40. The molecule has 112 valence electrons. The van der Waals surface area contributed by atoms with Crippen molar-refractivity contribution in [1.29, 1.82) is 0 Å². The number of hydrogen-bond acceptors (Lipinski definition) is 4. The first kappa shape index (κ1) is 15.7. The average Bonchev–Trinajstić information content (AvgIpc) is 2.47. The molecule has 2 N–H and O–H groups in total. The first-order chi connectivity index (χ1) is 9.50. The van der Waals surface area contributed by atoms with E-state index in [2.05, 4.69) is 0 Å². The predicted octanol–water partition coefficient (Wildman–Crippen LogP) is 1.60. The summed E-state index contributed by atoms with van der Waals surface area (Å²) in [6.07, 6.45) is 0.719. The van der Waals surface area contributed by atoms with Crippen LogP contribution in [0.15, 0.2) is 23.1 Å². The molecule has 0 aromatic heterocycles. The molecule has 1 aliphatic rings. The van der Waals surface area contributed by atoms with E-state index in [4.69, 9.17) is 22.1 Å². The van der Waals surface area contributed by atoms with Gasteiger partial charge in [-0.05, 0) is 30.2 Å². The van der Waals surface area contributed by atoms with Crippen molar-refractivity contribution in [2.45, 2.75) is 30.8 Å². The monoisotopic (exact) mass is 318 g/mol. The Morgan fingerprint density at radius 1 is 1.50 bits per heavy atom. The van der Waals surface area contributed by atoms with Crippen molar-refractivity contribution in [3.8, 4) is 0 Å². The number of sulfonamides is 1. The molecule has 0 aliphatic carbocycles. The van der Waals surface area contributed by atoms with E-state index in [9.17, 15) is 8.42 Å². The van der Waals surface area contributed by atoms with Crippen LogP contribution < -0.4 is 5.73 Å². The number of hydrogen-bond donors (Lipinski definition) is 1. The van der Waals surface area contributed by atoms with E-state index >= 15 is 0 Å². The number of rotatable bonds is 4. The maximum atomic E-state index is 12.7. The van der Waals surface area contributed by atoms with Gasteiger partial charge in [0.05, 0.1) is 18.1 Å². The Bertz CT molecular complexity index is 577. The second kappa shape index (κ2) is 6.41. The van der Waals surface area contributed by atoms with Crippen LogP contribution in [0.4, 0.5) is 0 Å². The summed E-state index contributed by atoms with van der Waals surface area (Å²) in [5.74, 6) is 0. The van der Waals surface area contributed by atoms with Gasteiger partial charge in [0.1, 0.15) is 0 Å². The Kier molecular flexibility index (Phi) is 5.04. The lowest BCUT2D eigenvalue weighted by Crippen LogP contribution is -2.48. The lowest BCUT2D eigenvalue weighted by atomic mass is 10.2. The van der Waals surface area contributed by atoms with E-state index < -0.39 is 10.0 Å². The lowest BCUT2D eigenvalue weighted by Gasteiger charge is -2.34. The summed E-state index contributed by atoms with van der Waals surface area (Å²) in [7, 11) is -3.53. The summed E-state index contributed by atoms with van der Waals surface area (Å²) in [5.41, 5.74) is 6.22. The molecular formula is C13H19ClN2O3S. The summed E-state index contributed by atoms with van der Waals surface area (Å²) < 4.78 is 32.3. The molecule has 1 aromatic carbocycles. The molecule has 1 fully saturated rings. The Labute approximate surface area is 124 Å². The fourth-order valence-electron chi connectivity index (χ4n) is 2.28. The average molecular weight is 319 g/mol. The van der Waals surface area contributed by atoms with Crippen LogP contribution in [-0.2, 0) is 21.3 Å². The van der Waals surface area contributed by atoms with Crippen LogP contribution in [0.2, 0.25) is 5.02 Å². The van der Waals surface area contributed by atoms with Gasteiger partial charge in [0.25, 0.3) is 0 Å². The van der Waals surface area contributed by atoms with Gasteiger partial charge >= 0.3 is 0 Å². The standard InChI is InChI=1S/C13H19ClN2O3S/c1-2-11-9-19-6-5-16(11)20(17,18)12-3-4-13(14)10(7-12)8-15/h3-4,7,11H,2,5-6,8-9,15H2,1H3. The highest BCUT2D eigenvalue weighted by atomic mass is 35.5. The first-order valence-electron chi connectivity index (χ1n) is 6.58. The van der Waals surface area contributed by atoms with Gasteiger partial charge in [-0.15, -0.1) is 0 Å². The summed E-state index contributed by atoms with van der Waals surface area (Å²) in [5, 5.41) is 0.487. The molecular weight excluding hydrogens is 300 g/mol. The number of ether oxygens (including phenoxy) is 1. The van der Waals surface area contributed by atoms with Crippen molar-refractivity contribution < 1.29 is 13.2 Å². The molecule has 1 aromatic rings. The minimum atomic E-state index is -3.53. The minimum Gasteiger partial charge on any atom is -0.378 e. The van der Waals surface area contributed by atoms with E-state index in [1.165, 1.54) is 10.4 Å². The summed E-state index contributed by atoms with van der Waals surface area (Å²) in [4.78, 5) is 0.239. The zero-order valence-corrected chi connectivity index (χ0v) is 13.0. The third-order valence-electron chi connectivity index (χ3n) is 3.49.